The Labute approximate surface area is 109 Å². The summed E-state index contributed by atoms with van der Waals surface area (Å²) in [5.74, 6) is 0. The molecule has 0 aromatic heterocycles. The molecule has 0 aliphatic heterocycles. The molecule has 0 aliphatic rings. The van der Waals surface area contributed by atoms with E-state index in [1.165, 1.54) is 30.3 Å². The summed E-state index contributed by atoms with van der Waals surface area (Å²) in [4.78, 5) is -0.0747. The van der Waals surface area contributed by atoms with Crippen LogP contribution in [0.5, 0.6) is 0 Å². The second kappa shape index (κ2) is 5.88. The van der Waals surface area contributed by atoms with Gasteiger partial charge in [-0.2, -0.15) is 5.26 Å². The van der Waals surface area contributed by atoms with Gasteiger partial charge in [-0.1, -0.05) is 23.4 Å². The average molecular weight is 233 g/mol. The Morgan fingerprint density at radius 3 is 2.27 bits per heavy atom. The van der Waals surface area contributed by atoms with Crippen LogP contribution in [-0.2, 0) is 9.84 Å². The van der Waals surface area contributed by atoms with E-state index in [4.69, 9.17) is 10.5 Å². The number of nitrogens with zero attached hydrogens (tertiary/aromatic N) is 2. The molecule has 1 rings (SSSR count). The van der Waals surface area contributed by atoms with Crippen molar-refractivity contribution in [3.63, 3.8) is 0 Å². The molecule has 0 fully saturated rings. The van der Waals surface area contributed by atoms with E-state index in [9.17, 15) is 8.42 Å². The monoisotopic (exact) mass is 233 g/mol. The predicted octanol–water partition coefficient (Wildman–Crippen LogP) is 0.391. The molecule has 73 valence electrons. The minimum Gasteiger partial charge on any atom is -0.409 e. The smallest absolute Gasteiger partial charge is 0.275 e. The van der Waals surface area contributed by atoms with Crippen LogP contribution in [0.4, 0.5) is 0 Å². The Hall–Kier alpha value is -0.870. The predicted molar refractivity (Wildman–Crippen MR) is 54.2 cm³/mol. The summed E-state index contributed by atoms with van der Waals surface area (Å²) >= 11 is 0. The molecule has 0 saturated carbocycles. The van der Waals surface area contributed by atoms with Gasteiger partial charge in [0, 0.05) is 29.6 Å². The Balaban J connectivity index is 0.00000196. The topological polar surface area (TPSA) is 90.5 Å². The standard InChI is InChI=1S/C8H6N2O3S.Na/c9-6-8(10-11)14(12,13)7-4-2-1-3-5-7;/h1-5,11H;. The van der Waals surface area contributed by atoms with Crippen molar-refractivity contribution in [1.29, 1.82) is 5.26 Å². The van der Waals surface area contributed by atoms with Gasteiger partial charge in [0.1, 0.15) is 6.07 Å². The van der Waals surface area contributed by atoms with Crippen LogP contribution in [-0.4, -0.2) is 48.2 Å². The minimum absolute atomic E-state index is 0. The molecule has 0 heterocycles. The SMILES string of the molecule is N#CC(=NO)S(=O)(=O)c1ccccc1.[Na]. The van der Waals surface area contributed by atoms with Gasteiger partial charge in [0.15, 0.2) is 0 Å². The van der Waals surface area contributed by atoms with E-state index in [2.05, 4.69) is 5.16 Å². The molecule has 0 atom stereocenters. The van der Waals surface area contributed by atoms with Crippen LogP contribution in [0.25, 0.3) is 0 Å². The molecular weight excluding hydrogens is 227 g/mol. The number of sulfone groups is 1. The van der Waals surface area contributed by atoms with Crippen molar-refractivity contribution < 1.29 is 13.6 Å². The van der Waals surface area contributed by atoms with Crippen molar-refractivity contribution >= 4 is 44.4 Å². The maximum atomic E-state index is 11.5. The molecular formula is C8H6N2NaO3S. The van der Waals surface area contributed by atoms with Gasteiger partial charge in [0.2, 0.25) is 9.84 Å². The summed E-state index contributed by atoms with van der Waals surface area (Å²) in [6.07, 6.45) is 0. The van der Waals surface area contributed by atoms with E-state index in [-0.39, 0.29) is 34.5 Å². The van der Waals surface area contributed by atoms with Gasteiger partial charge in [-0.3, -0.25) is 0 Å². The number of oxime groups is 1. The summed E-state index contributed by atoms with van der Waals surface area (Å²) < 4.78 is 23.0. The fraction of sp³-hybridized carbons (Fsp3) is 0. The number of rotatable bonds is 1. The first-order valence-electron chi connectivity index (χ1n) is 3.55. The summed E-state index contributed by atoms with van der Waals surface area (Å²) in [5, 5.41) is 18.2. The molecule has 0 saturated heterocycles. The zero-order chi connectivity index (χ0) is 10.6. The van der Waals surface area contributed by atoms with E-state index in [1.54, 1.807) is 6.07 Å². The molecule has 1 aromatic rings. The van der Waals surface area contributed by atoms with E-state index in [0.29, 0.717) is 0 Å². The third-order valence-corrected chi connectivity index (χ3v) is 3.07. The van der Waals surface area contributed by atoms with Crippen LogP contribution in [0.3, 0.4) is 0 Å². The fourth-order valence-electron chi connectivity index (χ4n) is 0.847. The first kappa shape index (κ1) is 14.1. The molecule has 0 aliphatic carbocycles. The third kappa shape index (κ3) is 3.04. The van der Waals surface area contributed by atoms with Gasteiger partial charge >= 0.3 is 0 Å². The van der Waals surface area contributed by atoms with Crippen molar-refractivity contribution in [2.75, 3.05) is 0 Å². The molecule has 0 unspecified atom stereocenters. The Bertz CT molecular complexity index is 490. The van der Waals surface area contributed by atoms with Crippen molar-refractivity contribution in [2.24, 2.45) is 5.16 Å². The van der Waals surface area contributed by atoms with Crippen LogP contribution in [0.15, 0.2) is 40.4 Å². The molecule has 1 N–H and O–H groups in total. The molecule has 0 spiro atoms. The Morgan fingerprint density at radius 1 is 1.33 bits per heavy atom. The Kier molecular flexibility index (Phi) is 5.54. The first-order chi connectivity index (χ1) is 6.62. The zero-order valence-corrected chi connectivity index (χ0v) is 10.8. The van der Waals surface area contributed by atoms with Gasteiger partial charge in [-0.05, 0) is 12.1 Å². The quantitative estimate of drug-likeness (QED) is 0.250. The fourth-order valence-corrected chi connectivity index (χ4v) is 1.81. The molecule has 0 amide bonds. The molecule has 5 nitrogen and oxygen atoms in total. The number of benzene rings is 1. The molecule has 7 heteroatoms. The van der Waals surface area contributed by atoms with E-state index >= 15 is 0 Å². The van der Waals surface area contributed by atoms with E-state index in [1.807, 2.05) is 0 Å². The van der Waals surface area contributed by atoms with E-state index in [0.717, 1.165) is 0 Å². The largest absolute Gasteiger partial charge is 0.409 e. The maximum absolute atomic E-state index is 11.5. The average Bonchev–Trinajstić information content (AvgIpc) is 2.20. The summed E-state index contributed by atoms with van der Waals surface area (Å²) in [6, 6.07) is 8.60. The number of hydrogen-bond donors (Lipinski definition) is 1. The first-order valence-corrected chi connectivity index (χ1v) is 5.03. The molecule has 15 heavy (non-hydrogen) atoms. The Morgan fingerprint density at radius 2 is 1.87 bits per heavy atom. The molecule has 0 bridgehead atoms. The number of hydrogen-bond acceptors (Lipinski definition) is 5. The van der Waals surface area contributed by atoms with Gasteiger partial charge in [0.25, 0.3) is 5.04 Å². The second-order valence-corrected chi connectivity index (χ2v) is 4.20. The van der Waals surface area contributed by atoms with Gasteiger partial charge < -0.3 is 5.21 Å². The third-order valence-electron chi connectivity index (χ3n) is 1.49. The van der Waals surface area contributed by atoms with Crippen LogP contribution < -0.4 is 0 Å². The zero-order valence-electron chi connectivity index (χ0n) is 7.95. The van der Waals surface area contributed by atoms with Gasteiger partial charge in [-0.25, -0.2) is 8.42 Å². The second-order valence-electron chi connectivity index (χ2n) is 2.33. The summed E-state index contributed by atoms with van der Waals surface area (Å²) in [7, 11) is -3.96. The van der Waals surface area contributed by atoms with Gasteiger partial charge in [0.05, 0.1) is 4.90 Å². The summed E-state index contributed by atoms with van der Waals surface area (Å²) in [5.41, 5.74) is 0. The normalized spacial score (nSPS) is 11.3. The van der Waals surface area contributed by atoms with Crippen molar-refractivity contribution in [3.05, 3.63) is 30.3 Å². The van der Waals surface area contributed by atoms with Gasteiger partial charge in [-0.15, -0.1) is 0 Å². The van der Waals surface area contributed by atoms with Crippen LogP contribution in [0, 0.1) is 11.3 Å². The maximum Gasteiger partial charge on any atom is 0.275 e. The van der Waals surface area contributed by atoms with Crippen LogP contribution >= 0.6 is 0 Å². The van der Waals surface area contributed by atoms with Crippen molar-refractivity contribution in [3.8, 4) is 6.07 Å². The minimum atomic E-state index is -3.96. The van der Waals surface area contributed by atoms with Crippen LogP contribution in [0.2, 0.25) is 0 Å². The van der Waals surface area contributed by atoms with Crippen molar-refractivity contribution in [1.82, 2.24) is 0 Å². The summed E-state index contributed by atoms with van der Waals surface area (Å²) in [6.45, 7) is 0. The van der Waals surface area contributed by atoms with Crippen LogP contribution in [0.1, 0.15) is 0 Å². The molecule has 1 radical (unpaired) electrons. The van der Waals surface area contributed by atoms with Crippen molar-refractivity contribution in [2.45, 2.75) is 4.90 Å². The number of nitriles is 1. The molecule has 1 aromatic carbocycles. The van der Waals surface area contributed by atoms with E-state index < -0.39 is 14.9 Å².